The number of sulfone groups is 1. The van der Waals surface area contributed by atoms with Crippen LogP contribution in [0.25, 0.3) is 0 Å². The molecular formula is C14H17N3O4S. The summed E-state index contributed by atoms with van der Waals surface area (Å²) in [5.74, 6) is -0.107. The van der Waals surface area contributed by atoms with Gasteiger partial charge in [0.25, 0.3) is 0 Å². The van der Waals surface area contributed by atoms with Crippen molar-refractivity contribution in [2.45, 2.75) is 31.0 Å². The molecule has 0 spiro atoms. The first kappa shape index (κ1) is 16.2. The molecular weight excluding hydrogens is 306 g/mol. The van der Waals surface area contributed by atoms with Gasteiger partial charge in [-0.1, -0.05) is 35.4 Å². The van der Waals surface area contributed by atoms with Gasteiger partial charge in [0.2, 0.25) is 21.6 Å². The van der Waals surface area contributed by atoms with Gasteiger partial charge in [0.05, 0.1) is 0 Å². The molecule has 0 saturated heterocycles. The highest BCUT2D eigenvalue weighted by atomic mass is 32.2. The molecule has 7 nitrogen and oxygen atoms in total. The van der Waals surface area contributed by atoms with Crippen molar-refractivity contribution < 1.29 is 17.6 Å². The zero-order valence-electron chi connectivity index (χ0n) is 12.3. The molecule has 118 valence electrons. The zero-order valence-corrected chi connectivity index (χ0v) is 13.1. The first-order valence-electron chi connectivity index (χ1n) is 6.73. The Morgan fingerprint density at radius 3 is 2.55 bits per heavy atom. The van der Waals surface area contributed by atoms with Gasteiger partial charge in [-0.3, -0.25) is 4.79 Å². The largest absolute Gasteiger partial charge is 0.410 e. The molecule has 2 aromatic rings. The molecule has 0 unspecified atom stereocenters. The topological polar surface area (TPSA) is 102 Å². The van der Waals surface area contributed by atoms with Gasteiger partial charge in [0.1, 0.15) is 6.04 Å². The molecule has 1 amide bonds. The number of aromatic nitrogens is 2. The minimum atomic E-state index is -3.54. The van der Waals surface area contributed by atoms with Crippen LogP contribution in [0, 0.1) is 0 Å². The molecule has 0 aliphatic rings. The van der Waals surface area contributed by atoms with Gasteiger partial charge < -0.3 is 9.73 Å². The lowest BCUT2D eigenvalue weighted by molar-refractivity contribution is -0.121. The fraction of sp³-hybridized carbons (Fsp3) is 0.357. The third kappa shape index (κ3) is 4.39. The molecule has 22 heavy (non-hydrogen) atoms. The van der Waals surface area contributed by atoms with E-state index in [4.69, 9.17) is 4.42 Å². The van der Waals surface area contributed by atoms with Crippen molar-refractivity contribution in [1.29, 1.82) is 0 Å². The highest BCUT2D eigenvalue weighted by molar-refractivity contribution is 7.90. The van der Waals surface area contributed by atoms with Gasteiger partial charge in [-0.2, -0.15) is 0 Å². The lowest BCUT2D eigenvalue weighted by atomic mass is 10.1. The molecule has 8 heteroatoms. The maximum absolute atomic E-state index is 11.9. The van der Waals surface area contributed by atoms with E-state index >= 15 is 0 Å². The number of carbonyl (C=O) groups excluding carboxylic acids is 1. The van der Waals surface area contributed by atoms with Crippen LogP contribution in [0.2, 0.25) is 0 Å². The van der Waals surface area contributed by atoms with E-state index in [9.17, 15) is 13.2 Å². The van der Waals surface area contributed by atoms with Crippen molar-refractivity contribution in [2.24, 2.45) is 0 Å². The Bertz CT molecular complexity index is 740. The van der Waals surface area contributed by atoms with E-state index in [1.807, 2.05) is 30.3 Å². The number of hydrogen-bond donors (Lipinski definition) is 1. The Hall–Kier alpha value is -2.22. The van der Waals surface area contributed by atoms with Crippen molar-refractivity contribution in [3.63, 3.8) is 0 Å². The summed E-state index contributed by atoms with van der Waals surface area (Å²) < 4.78 is 27.6. The second kappa shape index (κ2) is 6.69. The first-order valence-corrected chi connectivity index (χ1v) is 8.62. The van der Waals surface area contributed by atoms with E-state index in [0.717, 1.165) is 11.8 Å². The second-order valence-corrected chi connectivity index (χ2v) is 6.85. The van der Waals surface area contributed by atoms with Crippen LogP contribution in [-0.2, 0) is 21.1 Å². The second-order valence-electron chi connectivity index (χ2n) is 4.95. The van der Waals surface area contributed by atoms with E-state index < -0.39 is 21.1 Å². The van der Waals surface area contributed by atoms with Crippen molar-refractivity contribution >= 4 is 15.7 Å². The Morgan fingerprint density at radius 1 is 1.27 bits per heavy atom. The summed E-state index contributed by atoms with van der Waals surface area (Å²) in [5.41, 5.74) is 1.07. The number of nitrogens with one attached hydrogen (secondary N) is 1. The Labute approximate surface area is 128 Å². The third-order valence-electron chi connectivity index (χ3n) is 2.97. The quantitative estimate of drug-likeness (QED) is 0.859. The number of carbonyl (C=O) groups is 1. The maximum atomic E-state index is 11.9. The van der Waals surface area contributed by atoms with Crippen molar-refractivity contribution in [3.05, 3.63) is 41.8 Å². The summed E-state index contributed by atoms with van der Waals surface area (Å²) in [6.45, 7) is 1.65. The molecule has 0 fully saturated rings. The highest BCUT2D eigenvalue weighted by Crippen LogP contribution is 2.14. The Kier molecular flexibility index (Phi) is 4.92. The molecule has 0 radical (unpaired) electrons. The zero-order chi connectivity index (χ0) is 16.2. The normalized spacial score (nSPS) is 12.8. The summed E-state index contributed by atoms with van der Waals surface area (Å²) in [6, 6.07) is 9.11. The number of rotatable bonds is 6. The molecule has 0 bridgehead atoms. The third-order valence-corrected chi connectivity index (χ3v) is 3.77. The summed E-state index contributed by atoms with van der Waals surface area (Å²) in [4.78, 5) is 11.9. The number of amides is 1. The fourth-order valence-electron chi connectivity index (χ4n) is 1.82. The number of aryl methyl sites for hydroxylation is 1. The SMILES string of the molecule is C[C@H](NC(=O)CCc1ccccc1)c1nnc(S(C)(=O)=O)o1. The van der Waals surface area contributed by atoms with Crippen molar-refractivity contribution in [3.8, 4) is 0 Å². The standard InChI is InChI=1S/C14H17N3O4S/c1-10(13-16-17-14(21-13)22(2,19)20)15-12(18)9-8-11-6-4-3-5-7-11/h3-7,10H,8-9H2,1-2H3,(H,15,18)/t10-/m0/s1. The van der Waals surface area contributed by atoms with Crippen LogP contribution in [-0.4, -0.2) is 30.8 Å². The van der Waals surface area contributed by atoms with Crippen LogP contribution in [0.1, 0.15) is 30.8 Å². The molecule has 0 saturated carbocycles. The highest BCUT2D eigenvalue weighted by Gasteiger charge is 2.21. The molecule has 1 aromatic carbocycles. The van der Waals surface area contributed by atoms with Gasteiger partial charge in [0.15, 0.2) is 0 Å². The van der Waals surface area contributed by atoms with Gasteiger partial charge in [-0.15, -0.1) is 5.10 Å². The predicted molar refractivity (Wildman–Crippen MR) is 78.7 cm³/mol. The molecule has 1 heterocycles. The molecule has 0 aliphatic heterocycles. The van der Waals surface area contributed by atoms with Crippen molar-refractivity contribution in [2.75, 3.05) is 6.26 Å². The minimum Gasteiger partial charge on any atom is -0.410 e. The molecule has 1 atom stereocenters. The summed E-state index contributed by atoms with van der Waals surface area (Å²) in [7, 11) is -3.54. The predicted octanol–water partition coefficient (Wildman–Crippen LogP) is 1.28. The number of nitrogens with zero attached hydrogens (tertiary/aromatic N) is 2. The monoisotopic (exact) mass is 323 g/mol. The number of benzene rings is 1. The van der Waals surface area contributed by atoms with Crippen LogP contribution < -0.4 is 5.32 Å². The lowest BCUT2D eigenvalue weighted by Gasteiger charge is -2.09. The van der Waals surface area contributed by atoms with Crippen LogP contribution in [0.4, 0.5) is 0 Å². The summed E-state index contributed by atoms with van der Waals surface area (Å²) in [5, 5.41) is 9.35. The van der Waals surface area contributed by atoms with Crippen LogP contribution in [0.5, 0.6) is 0 Å². The van der Waals surface area contributed by atoms with E-state index in [-0.39, 0.29) is 11.8 Å². The Morgan fingerprint density at radius 2 is 1.95 bits per heavy atom. The van der Waals surface area contributed by atoms with Crippen LogP contribution in [0.15, 0.2) is 40.0 Å². The van der Waals surface area contributed by atoms with E-state index in [1.165, 1.54) is 0 Å². The first-order chi connectivity index (χ1) is 10.4. The lowest BCUT2D eigenvalue weighted by Crippen LogP contribution is -2.27. The number of hydrogen-bond acceptors (Lipinski definition) is 6. The van der Waals surface area contributed by atoms with E-state index in [0.29, 0.717) is 12.8 Å². The van der Waals surface area contributed by atoms with Crippen LogP contribution >= 0.6 is 0 Å². The average molecular weight is 323 g/mol. The molecule has 1 N–H and O–H groups in total. The Balaban J connectivity index is 1.90. The van der Waals surface area contributed by atoms with Crippen molar-refractivity contribution in [1.82, 2.24) is 15.5 Å². The average Bonchev–Trinajstić information content (AvgIpc) is 2.96. The fourth-order valence-corrected chi connectivity index (χ4v) is 2.25. The van der Waals surface area contributed by atoms with Gasteiger partial charge in [0, 0.05) is 12.7 Å². The van der Waals surface area contributed by atoms with Gasteiger partial charge in [-0.25, -0.2) is 8.42 Å². The van der Waals surface area contributed by atoms with E-state index in [2.05, 4.69) is 15.5 Å². The van der Waals surface area contributed by atoms with Gasteiger partial charge >= 0.3 is 5.22 Å². The van der Waals surface area contributed by atoms with E-state index in [1.54, 1.807) is 6.92 Å². The summed E-state index contributed by atoms with van der Waals surface area (Å²) in [6.07, 6.45) is 1.92. The van der Waals surface area contributed by atoms with Gasteiger partial charge in [-0.05, 0) is 18.9 Å². The maximum Gasteiger partial charge on any atom is 0.335 e. The smallest absolute Gasteiger partial charge is 0.335 e. The molecule has 1 aromatic heterocycles. The van der Waals surface area contributed by atoms with Crippen LogP contribution in [0.3, 0.4) is 0 Å². The molecule has 2 rings (SSSR count). The minimum absolute atomic E-state index is 0.0634. The summed E-state index contributed by atoms with van der Waals surface area (Å²) >= 11 is 0. The molecule has 0 aliphatic carbocycles.